The van der Waals surface area contributed by atoms with Crippen molar-refractivity contribution in [3.05, 3.63) is 41.5 Å². The molecule has 5 aliphatic rings. The number of rotatable bonds is 6. The van der Waals surface area contributed by atoms with Crippen LogP contribution >= 0.6 is 0 Å². The zero-order valence-electron chi connectivity index (χ0n) is 31.9. The summed E-state index contributed by atoms with van der Waals surface area (Å²) in [6.45, 7) is 16.6. The first-order chi connectivity index (χ1) is 23.7. The molecule has 0 radical (unpaired) electrons. The van der Waals surface area contributed by atoms with Crippen molar-refractivity contribution < 1.29 is 43.9 Å². The minimum Gasteiger partial charge on any atom is -0.504 e. The van der Waals surface area contributed by atoms with E-state index in [1.807, 2.05) is 6.92 Å². The molecule has 0 bridgehead atoms. The minimum atomic E-state index is -1.14. The van der Waals surface area contributed by atoms with Crippen molar-refractivity contribution in [1.29, 1.82) is 0 Å². The summed E-state index contributed by atoms with van der Waals surface area (Å²) in [5.41, 5.74) is -1.67. The number of carboxylic acids is 1. The molecule has 6 rings (SSSR count). The Labute approximate surface area is 302 Å². The van der Waals surface area contributed by atoms with E-state index < -0.39 is 52.5 Å². The van der Waals surface area contributed by atoms with Gasteiger partial charge in [-0.1, -0.05) is 59.3 Å². The molecule has 0 spiro atoms. The van der Waals surface area contributed by atoms with Crippen LogP contribution in [0.4, 0.5) is 0 Å². The van der Waals surface area contributed by atoms with Crippen molar-refractivity contribution in [3.8, 4) is 11.5 Å². The minimum absolute atomic E-state index is 0.00280. The molecule has 280 valence electrons. The molecular formula is C42H58O9. The number of allylic oxidation sites excluding steroid dienone is 1. The van der Waals surface area contributed by atoms with Crippen molar-refractivity contribution in [1.82, 2.24) is 0 Å². The topological polar surface area (TPSA) is 140 Å². The van der Waals surface area contributed by atoms with Crippen LogP contribution in [-0.2, 0) is 23.9 Å². The van der Waals surface area contributed by atoms with Gasteiger partial charge in [0.15, 0.2) is 11.5 Å². The molecular weight excluding hydrogens is 648 g/mol. The van der Waals surface area contributed by atoms with Gasteiger partial charge in [0.1, 0.15) is 12.2 Å². The van der Waals surface area contributed by atoms with Gasteiger partial charge in [0.05, 0.1) is 18.1 Å². The highest BCUT2D eigenvalue weighted by molar-refractivity contribution is 5.87. The Kier molecular flexibility index (Phi) is 9.09. The molecule has 1 aromatic rings. The summed E-state index contributed by atoms with van der Waals surface area (Å²) in [7, 11) is 1.46. The zero-order chi connectivity index (χ0) is 37.5. The second-order valence-electron chi connectivity index (χ2n) is 18.1. The van der Waals surface area contributed by atoms with Crippen molar-refractivity contribution in [2.45, 2.75) is 125 Å². The third-order valence-corrected chi connectivity index (χ3v) is 15.5. The van der Waals surface area contributed by atoms with Crippen LogP contribution in [0.5, 0.6) is 11.5 Å². The molecule has 0 heterocycles. The van der Waals surface area contributed by atoms with E-state index in [0.29, 0.717) is 37.0 Å². The first-order valence-corrected chi connectivity index (χ1v) is 18.8. The van der Waals surface area contributed by atoms with Crippen LogP contribution in [0.25, 0.3) is 6.08 Å². The van der Waals surface area contributed by atoms with Crippen molar-refractivity contribution in [2.75, 3.05) is 7.11 Å². The average Bonchev–Trinajstić information content (AvgIpc) is 3.04. The number of phenolic OH excluding ortho intramolecular Hbond substituents is 1. The fourth-order valence-corrected chi connectivity index (χ4v) is 12.6. The van der Waals surface area contributed by atoms with Crippen molar-refractivity contribution in [2.24, 2.45) is 50.7 Å². The molecule has 9 nitrogen and oxygen atoms in total. The number of phenols is 1. The fourth-order valence-electron chi connectivity index (χ4n) is 12.6. The number of methoxy groups -OCH3 is 1. The Morgan fingerprint density at radius 2 is 1.65 bits per heavy atom. The smallest absolute Gasteiger partial charge is 0.331 e. The monoisotopic (exact) mass is 706 g/mol. The summed E-state index contributed by atoms with van der Waals surface area (Å²) in [5, 5.41) is 32.8. The third-order valence-electron chi connectivity index (χ3n) is 15.5. The molecule has 51 heavy (non-hydrogen) atoms. The van der Waals surface area contributed by atoms with Crippen LogP contribution in [0.2, 0.25) is 0 Å². The quantitative estimate of drug-likeness (QED) is 0.154. The van der Waals surface area contributed by atoms with Gasteiger partial charge in [0.25, 0.3) is 0 Å². The highest BCUT2D eigenvalue weighted by Crippen LogP contribution is 2.76. The molecule has 4 fully saturated rings. The maximum absolute atomic E-state index is 13.4. The lowest BCUT2D eigenvalue weighted by molar-refractivity contribution is -0.246. The van der Waals surface area contributed by atoms with Gasteiger partial charge in [-0.2, -0.15) is 0 Å². The number of carboxylic acid groups (broad SMARTS) is 1. The highest BCUT2D eigenvalue weighted by Gasteiger charge is 2.72. The van der Waals surface area contributed by atoms with E-state index in [9.17, 15) is 29.7 Å². The molecule has 0 aliphatic heterocycles. The Balaban J connectivity index is 1.34. The van der Waals surface area contributed by atoms with Crippen LogP contribution in [0.15, 0.2) is 35.9 Å². The molecule has 0 aromatic heterocycles. The number of fused-ring (bicyclic) bond motifs is 7. The number of carbonyl (C=O) groups excluding carboxylic acids is 2. The number of aliphatic hydroxyl groups is 1. The number of esters is 2. The predicted molar refractivity (Wildman–Crippen MR) is 193 cm³/mol. The predicted octanol–water partition coefficient (Wildman–Crippen LogP) is 7.72. The summed E-state index contributed by atoms with van der Waals surface area (Å²) >= 11 is 0. The third kappa shape index (κ3) is 5.45. The van der Waals surface area contributed by atoms with Gasteiger partial charge in [0.2, 0.25) is 0 Å². The lowest BCUT2D eigenvalue weighted by atomic mass is 9.33. The van der Waals surface area contributed by atoms with Crippen LogP contribution in [0, 0.1) is 50.7 Å². The molecule has 9 heteroatoms. The molecule has 1 aromatic carbocycles. The molecule has 3 N–H and O–H groups in total. The van der Waals surface area contributed by atoms with Crippen LogP contribution in [0.1, 0.15) is 112 Å². The average molecular weight is 707 g/mol. The number of ether oxygens (including phenoxy) is 3. The van der Waals surface area contributed by atoms with Gasteiger partial charge < -0.3 is 29.5 Å². The number of hydrogen-bond donors (Lipinski definition) is 3. The summed E-state index contributed by atoms with van der Waals surface area (Å²) in [6, 6.07) is 4.80. The molecule has 0 unspecified atom stereocenters. The SMILES string of the molecule is COc1cc(/C=C/C(=O)O[C@H]2[C@H](OC(C)=O)C[C@]3(C)[C@H]4CC=C5[C@H]6[C@](C(=O)O)(CC[C@@H](C)[C@@]6(C)O)CC[C@@]5(C)[C@]4(C)CC[C@H]3C2(C)C)ccc1O. The molecule has 0 amide bonds. The first-order valence-electron chi connectivity index (χ1n) is 18.8. The molecule has 11 atom stereocenters. The highest BCUT2D eigenvalue weighted by atomic mass is 16.6. The Hall–Kier alpha value is -3.33. The summed E-state index contributed by atoms with van der Waals surface area (Å²) in [4.78, 5) is 39.1. The lowest BCUT2D eigenvalue weighted by Gasteiger charge is -2.72. The number of aromatic hydroxyl groups is 1. The van der Waals surface area contributed by atoms with Gasteiger partial charge in [-0.3, -0.25) is 9.59 Å². The normalized spacial score (nSPS) is 42.7. The van der Waals surface area contributed by atoms with Gasteiger partial charge in [-0.05, 0) is 116 Å². The second kappa shape index (κ2) is 12.4. The van der Waals surface area contributed by atoms with E-state index in [1.165, 1.54) is 26.2 Å². The number of aliphatic carboxylic acids is 1. The van der Waals surface area contributed by atoms with Crippen LogP contribution < -0.4 is 4.74 Å². The first kappa shape index (κ1) is 37.4. The van der Waals surface area contributed by atoms with Gasteiger partial charge in [0, 0.05) is 24.3 Å². The van der Waals surface area contributed by atoms with Gasteiger partial charge in [-0.25, -0.2) is 4.79 Å². The standard InChI is InChI=1S/C42H58O9/c1-24-16-19-42(36(46)47)21-20-39(6)27(34(42)41(24,8)48)12-14-32-38(5)23-30(50-25(2)43)35(37(3,4)31(38)17-18-40(32,39)7)51-33(45)15-11-26-10-13-28(44)29(22-26)49-9/h10-13,15,22,24,30-32,34-35,44,48H,14,16-21,23H2,1-9H3,(H,46,47)/b15-11+/t24-,30-,31+,32-,34-,35+,38+,39-,40-,41-,42+/m1/s1. The number of carbonyl (C=O) groups is 3. The Morgan fingerprint density at radius 1 is 0.941 bits per heavy atom. The fraction of sp³-hybridized carbons (Fsp3) is 0.690. The Bertz CT molecular complexity index is 1660. The van der Waals surface area contributed by atoms with E-state index in [4.69, 9.17) is 14.2 Å². The second-order valence-corrected chi connectivity index (χ2v) is 18.1. The number of benzene rings is 1. The van der Waals surface area contributed by atoms with Crippen molar-refractivity contribution >= 4 is 24.0 Å². The van der Waals surface area contributed by atoms with Crippen LogP contribution in [0.3, 0.4) is 0 Å². The maximum Gasteiger partial charge on any atom is 0.331 e. The number of hydrogen-bond acceptors (Lipinski definition) is 8. The Morgan fingerprint density at radius 3 is 2.29 bits per heavy atom. The van der Waals surface area contributed by atoms with Gasteiger partial charge >= 0.3 is 17.9 Å². The van der Waals surface area contributed by atoms with Crippen LogP contribution in [-0.4, -0.2) is 58.1 Å². The molecule has 5 aliphatic carbocycles. The largest absolute Gasteiger partial charge is 0.504 e. The summed E-state index contributed by atoms with van der Waals surface area (Å²) in [5.74, 6) is -1.59. The van der Waals surface area contributed by atoms with E-state index in [1.54, 1.807) is 18.2 Å². The van der Waals surface area contributed by atoms with E-state index >= 15 is 0 Å². The lowest BCUT2D eigenvalue weighted by Crippen LogP contribution is -2.69. The van der Waals surface area contributed by atoms with Gasteiger partial charge in [-0.15, -0.1) is 0 Å². The molecule has 4 saturated carbocycles. The summed E-state index contributed by atoms with van der Waals surface area (Å²) in [6.07, 6.45) is 9.57. The maximum atomic E-state index is 13.4. The van der Waals surface area contributed by atoms with Crippen molar-refractivity contribution in [3.63, 3.8) is 0 Å². The van der Waals surface area contributed by atoms with E-state index in [2.05, 4.69) is 47.6 Å². The zero-order valence-corrected chi connectivity index (χ0v) is 31.9. The van der Waals surface area contributed by atoms with E-state index in [-0.39, 0.29) is 39.7 Å². The summed E-state index contributed by atoms with van der Waals surface area (Å²) < 4.78 is 17.5. The molecule has 0 saturated heterocycles. The van der Waals surface area contributed by atoms with E-state index in [0.717, 1.165) is 31.3 Å².